The summed E-state index contributed by atoms with van der Waals surface area (Å²) in [5.74, 6) is -0.319. The third kappa shape index (κ3) is 3.00. The van der Waals surface area contributed by atoms with Crippen LogP contribution < -0.4 is 16.8 Å². The molecule has 2 aromatic carbocycles. The highest BCUT2D eigenvalue weighted by Crippen LogP contribution is 2.30. The Balaban J connectivity index is 2.28. The zero-order valence-electron chi connectivity index (χ0n) is 9.78. The summed E-state index contributed by atoms with van der Waals surface area (Å²) in [5, 5.41) is 3.25. The summed E-state index contributed by atoms with van der Waals surface area (Å²) in [5.41, 5.74) is 13.1. The molecule has 0 saturated heterocycles. The minimum absolute atomic E-state index is 0.319. The first-order valence-corrected chi connectivity index (χ1v) is 6.56. The molecule has 4 nitrogen and oxygen atoms in total. The van der Waals surface area contributed by atoms with Crippen LogP contribution in [0.25, 0.3) is 0 Å². The van der Waals surface area contributed by atoms with E-state index in [1.165, 1.54) is 0 Å². The Labute approximate surface area is 123 Å². The van der Waals surface area contributed by atoms with Gasteiger partial charge in [-0.1, -0.05) is 17.7 Å². The zero-order valence-corrected chi connectivity index (χ0v) is 12.1. The Morgan fingerprint density at radius 2 is 1.95 bits per heavy atom. The van der Waals surface area contributed by atoms with Crippen LogP contribution in [0.3, 0.4) is 0 Å². The molecular weight excluding hydrogens is 330 g/mol. The summed E-state index contributed by atoms with van der Waals surface area (Å²) in [7, 11) is 0. The van der Waals surface area contributed by atoms with Crippen LogP contribution in [0.5, 0.6) is 0 Å². The molecule has 0 aromatic heterocycles. The molecule has 6 heteroatoms. The van der Waals surface area contributed by atoms with Crippen LogP contribution in [0.2, 0.25) is 5.02 Å². The van der Waals surface area contributed by atoms with Crippen molar-refractivity contribution in [2.45, 2.75) is 0 Å². The molecule has 0 unspecified atom stereocenters. The van der Waals surface area contributed by atoms with Crippen molar-refractivity contribution in [2.75, 3.05) is 16.8 Å². The Bertz CT molecular complexity index is 646. The van der Waals surface area contributed by atoms with E-state index in [0.29, 0.717) is 32.1 Å². The molecule has 0 spiro atoms. The molecule has 98 valence electrons. The first kappa shape index (κ1) is 13.7. The summed E-state index contributed by atoms with van der Waals surface area (Å²) in [4.78, 5) is 12.1. The SMILES string of the molecule is Nc1ccc(C(=O)Nc2cccc(Cl)c2Br)c(N)c1. The fourth-order valence-electron chi connectivity index (χ4n) is 1.58. The average Bonchev–Trinajstić information content (AvgIpc) is 2.34. The maximum atomic E-state index is 12.1. The van der Waals surface area contributed by atoms with E-state index in [2.05, 4.69) is 21.2 Å². The van der Waals surface area contributed by atoms with E-state index in [-0.39, 0.29) is 5.91 Å². The highest BCUT2D eigenvalue weighted by atomic mass is 79.9. The fraction of sp³-hybridized carbons (Fsp3) is 0. The van der Waals surface area contributed by atoms with Crippen molar-refractivity contribution in [3.05, 3.63) is 51.5 Å². The van der Waals surface area contributed by atoms with Crippen LogP contribution in [0, 0.1) is 0 Å². The topological polar surface area (TPSA) is 81.1 Å². The van der Waals surface area contributed by atoms with E-state index in [1.54, 1.807) is 36.4 Å². The van der Waals surface area contributed by atoms with Gasteiger partial charge in [0.15, 0.2) is 0 Å². The molecule has 0 aliphatic rings. The number of halogens is 2. The van der Waals surface area contributed by atoms with E-state index in [9.17, 15) is 4.79 Å². The Hall–Kier alpha value is -1.72. The van der Waals surface area contributed by atoms with Crippen molar-refractivity contribution in [2.24, 2.45) is 0 Å². The van der Waals surface area contributed by atoms with Gasteiger partial charge in [-0.2, -0.15) is 0 Å². The first-order chi connectivity index (χ1) is 8.99. The first-order valence-electron chi connectivity index (χ1n) is 5.39. The van der Waals surface area contributed by atoms with Crippen LogP contribution in [-0.4, -0.2) is 5.91 Å². The van der Waals surface area contributed by atoms with Gasteiger partial charge in [-0.3, -0.25) is 4.79 Å². The van der Waals surface area contributed by atoms with Crippen LogP contribution >= 0.6 is 27.5 Å². The number of nitrogen functional groups attached to an aromatic ring is 2. The van der Waals surface area contributed by atoms with Crippen LogP contribution in [0.4, 0.5) is 17.1 Å². The lowest BCUT2D eigenvalue weighted by Crippen LogP contribution is -2.14. The molecule has 0 aliphatic carbocycles. The lowest BCUT2D eigenvalue weighted by atomic mass is 10.1. The third-order valence-corrected chi connectivity index (χ3v) is 3.92. The smallest absolute Gasteiger partial charge is 0.257 e. The molecule has 2 rings (SSSR count). The van der Waals surface area contributed by atoms with Gasteiger partial charge in [0.25, 0.3) is 5.91 Å². The van der Waals surface area contributed by atoms with Gasteiger partial charge in [0, 0.05) is 11.4 Å². The summed E-state index contributed by atoms with van der Waals surface area (Å²) < 4.78 is 0.624. The molecule has 1 amide bonds. The summed E-state index contributed by atoms with van der Waals surface area (Å²) >= 11 is 9.27. The third-order valence-electron chi connectivity index (χ3n) is 2.52. The number of rotatable bonds is 2. The van der Waals surface area contributed by atoms with Crippen molar-refractivity contribution in [1.82, 2.24) is 0 Å². The van der Waals surface area contributed by atoms with Crippen molar-refractivity contribution in [3.8, 4) is 0 Å². The monoisotopic (exact) mass is 339 g/mol. The number of nitrogens with one attached hydrogen (secondary N) is 1. The minimum Gasteiger partial charge on any atom is -0.399 e. The second-order valence-electron chi connectivity index (χ2n) is 3.90. The van der Waals surface area contributed by atoms with Gasteiger partial charge in [-0.25, -0.2) is 0 Å². The van der Waals surface area contributed by atoms with Gasteiger partial charge in [-0.15, -0.1) is 0 Å². The van der Waals surface area contributed by atoms with Crippen molar-refractivity contribution < 1.29 is 4.79 Å². The Kier molecular flexibility index (Phi) is 3.97. The van der Waals surface area contributed by atoms with Gasteiger partial charge in [0.05, 0.1) is 20.7 Å². The minimum atomic E-state index is -0.319. The molecule has 0 saturated carbocycles. The molecule has 2 aromatic rings. The Morgan fingerprint density at radius 1 is 1.21 bits per heavy atom. The number of benzene rings is 2. The fourth-order valence-corrected chi connectivity index (χ4v) is 2.12. The van der Waals surface area contributed by atoms with E-state index in [4.69, 9.17) is 23.1 Å². The van der Waals surface area contributed by atoms with Crippen LogP contribution in [-0.2, 0) is 0 Å². The molecule has 0 heterocycles. The number of carbonyl (C=O) groups excluding carboxylic acids is 1. The number of hydrogen-bond donors (Lipinski definition) is 3. The quantitative estimate of drug-likeness (QED) is 0.732. The van der Waals surface area contributed by atoms with E-state index in [0.717, 1.165) is 0 Å². The summed E-state index contributed by atoms with van der Waals surface area (Å²) in [6.07, 6.45) is 0. The molecule has 0 fully saturated rings. The zero-order chi connectivity index (χ0) is 14.0. The van der Waals surface area contributed by atoms with E-state index >= 15 is 0 Å². The largest absolute Gasteiger partial charge is 0.399 e. The molecule has 19 heavy (non-hydrogen) atoms. The number of hydrogen-bond acceptors (Lipinski definition) is 3. The molecule has 0 bridgehead atoms. The number of anilines is 3. The molecule has 5 N–H and O–H groups in total. The number of amides is 1. The Morgan fingerprint density at radius 3 is 2.63 bits per heavy atom. The molecule has 0 radical (unpaired) electrons. The van der Waals surface area contributed by atoms with Crippen molar-refractivity contribution in [3.63, 3.8) is 0 Å². The maximum Gasteiger partial charge on any atom is 0.257 e. The molecule has 0 atom stereocenters. The highest BCUT2D eigenvalue weighted by molar-refractivity contribution is 9.10. The highest BCUT2D eigenvalue weighted by Gasteiger charge is 2.12. The predicted octanol–water partition coefficient (Wildman–Crippen LogP) is 3.52. The van der Waals surface area contributed by atoms with E-state index in [1.807, 2.05) is 0 Å². The second-order valence-corrected chi connectivity index (χ2v) is 5.10. The predicted molar refractivity (Wildman–Crippen MR) is 82.4 cm³/mol. The van der Waals surface area contributed by atoms with Gasteiger partial charge in [0.1, 0.15) is 0 Å². The number of carbonyl (C=O) groups is 1. The normalized spacial score (nSPS) is 10.2. The van der Waals surface area contributed by atoms with Crippen molar-refractivity contribution >= 4 is 50.5 Å². The van der Waals surface area contributed by atoms with Gasteiger partial charge < -0.3 is 16.8 Å². The van der Waals surface area contributed by atoms with Crippen LogP contribution in [0.15, 0.2) is 40.9 Å². The standard InChI is InChI=1S/C13H11BrClN3O/c14-12-9(15)2-1-3-11(12)18-13(19)8-5-4-7(16)6-10(8)17/h1-6H,16-17H2,(H,18,19). The van der Waals surface area contributed by atoms with Gasteiger partial charge in [-0.05, 0) is 46.3 Å². The second kappa shape index (κ2) is 5.50. The molecule has 0 aliphatic heterocycles. The van der Waals surface area contributed by atoms with Gasteiger partial charge in [0.2, 0.25) is 0 Å². The maximum absolute atomic E-state index is 12.1. The average molecular weight is 341 g/mol. The van der Waals surface area contributed by atoms with Gasteiger partial charge >= 0.3 is 0 Å². The lowest BCUT2D eigenvalue weighted by molar-refractivity contribution is 0.102. The lowest BCUT2D eigenvalue weighted by Gasteiger charge is -2.10. The summed E-state index contributed by atoms with van der Waals surface area (Å²) in [6, 6.07) is 9.95. The van der Waals surface area contributed by atoms with E-state index < -0.39 is 0 Å². The number of nitrogens with two attached hydrogens (primary N) is 2. The molecular formula is C13H11BrClN3O. The summed E-state index contributed by atoms with van der Waals surface area (Å²) in [6.45, 7) is 0. The van der Waals surface area contributed by atoms with Crippen LogP contribution in [0.1, 0.15) is 10.4 Å². The van der Waals surface area contributed by atoms with Crippen molar-refractivity contribution in [1.29, 1.82) is 0 Å².